The van der Waals surface area contributed by atoms with Crippen molar-refractivity contribution in [3.8, 4) is 11.5 Å². The lowest BCUT2D eigenvalue weighted by Crippen LogP contribution is -2.28. The monoisotopic (exact) mass is 435 g/mol. The molecule has 0 aliphatic carbocycles. The zero-order valence-corrected chi connectivity index (χ0v) is 17.3. The van der Waals surface area contributed by atoms with Crippen LogP contribution in [0.3, 0.4) is 0 Å². The van der Waals surface area contributed by atoms with Crippen LogP contribution < -0.4 is 0 Å². The summed E-state index contributed by atoms with van der Waals surface area (Å²) in [4.78, 5) is 17.0. The molecule has 31 heavy (non-hydrogen) atoms. The topological polar surface area (TPSA) is 111 Å². The summed E-state index contributed by atoms with van der Waals surface area (Å²) in [5.74, 6) is 2.33. The van der Waals surface area contributed by atoms with Gasteiger partial charge in [0.2, 0.25) is 5.89 Å². The Hall–Kier alpha value is -3.66. The lowest BCUT2D eigenvalue weighted by molar-refractivity contribution is -0.130. The van der Waals surface area contributed by atoms with Crippen LogP contribution in [0.25, 0.3) is 11.5 Å². The predicted molar refractivity (Wildman–Crippen MR) is 111 cm³/mol. The molecule has 1 aliphatic heterocycles. The molecule has 9 nitrogen and oxygen atoms in total. The molecule has 0 N–H and O–H groups in total. The average Bonchev–Trinajstić information content (AvgIpc) is 3.59. The Morgan fingerprint density at radius 2 is 2.13 bits per heavy atom. The third kappa shape index (κ3) is 4.02. The number of hydrogen-bond donors (Lipinski definition) is 0. The van der Waals surface area contributed by atoms with Crippen LogP contribution in [0.4, 0.5) is 0 Å². The minimum absolute atomic E-state index is 0.0832. The summed E-state index contributed by atoms with van der Waals surface area (Å²) in [5.41, 5.74) is 1.41. The van der Waals surface area contributed by atoms with Gasteiger partial charge in [-0.2, -0.15) is 5.10 Å². The number of thioether (sulfide) groups is 1. The van der Waals surface area contributed by atoms with Gasteiger partial charge in [-0.25, -0.2) is 5.01 Å². The number of hydrogen-bond acceptors (Lipinski definition) is 9. The molecule has 1 atom stereocenters. The summed E-state index contributed by atoms with van der Waals surface area (Å²) in [6.07, 6.45) is 5.39. The van der Waals surface area contributed by atoms with E-state index in [1.807, 2.05) is 31.2 Å². The molecule has 10 heteroatoms. The third-order valence-electron chi connectivity index (χ3n) is 4.70. The van der Waals surface area contributed by atoms with E-state index in [1.54, 1.807) is 30.8 Å². The van der Waals surface area contributed by atoms with E-state index in [-0.39, 0.29) is 17.7 Å². The van der Waals surface area contributed by atoms with E-state index in [1.165, 1.54) is 5.01 Å². The molecular formula is C21H17N5O4S. The van der Waals surface area contributed by atoms with Gasteiger partial charge in [0.05, 0.1) is 17.6 Å². The van der Waals surface area contributed by atoms with Gasteiger partial charge in [-0.05, 0) is 43.3 Å². The minimum Gasteiger partial charge on any atom is -0.467 e. The molecule has 4 aromatic heterocycles. The van der Waals surface area contributed by atoms with Gasteiger partial charge in [-0.3, -0.25) is 9.78 Å². The lowest BCUT2D eigenvalue weighted by Gasteiger charge is -2.19. The number of carbonyl (C=O) groups is 1. The Kier molecular flexibility index (Phi) is 5.13. The first-order chi connectivity index (χ1) is 15.2. The van der Waals surface area contributed by atoms with Crippen LogP contribution in [0, 0.1) is 6.92 Å². The minimum atomic E-state index is -0.336. The number of rotatable bonds is 6. The molecule has 5 heterocycles. The second kappa shape index (κ2) is 8.23. The molecule has 4 aromatic rings. The standard InChI is InChI=1S/C21H17N5O4S/c1-13-6-7-17(29-13)15-10-16(18-5-3-9-28-18)26(25-15)19(27)12-31-21-24-23-20(30-21)14-4-2-8-22-11-14/h2-9,11,16H,10,12H2,1H3. The molecule has 1 unspecified atom stereocenters. The maximum Gasteiger partial charge on any atom is 0.277 e. The van der Waals surface area contributed by atoms with E-state index in [2.05, 4.69) is 20.3 Å². The highest BCUT2D eigenvalue weighted by molar-refractivity contribution is 7.99. The second-order valence-electron chi connectivity index (χ2n) is 6.83. The van der Waals surface area contributed by atoms with E-state index in [0.717, 1.165) is 17.5 Å². The summed E-state index contributed by atoms with van der Waals surface area (Å²) >= 11 is 1.16. The van der Waals surface area contributed by atoms with Crippen molar-refractivity contribution in [3.63, 3.8) is 0 Å². The van der Waals surface area contributed by atoms with Crippen molar-refractivity contribution in [1.82, 2.24) is 20.2 Å². The molecule has 1 amide bonds. The van der Waals surface area contributed by atoms with Crippen LogP contribution in [-0.4, -0.2) is 37.6 Å². The van der Waals surface area contributed by atoms with Crippen molar-refractivity contribution in [2.24, 2.45) is 5.10 Å². The van der Waals surface area contributed by atoms with Crippen LogP contribution >= 0.6 is 11.8 Å². The van der Waals surface area contributed by atoms with E-state index < -0.39 is 0 Å². The summed E-state index contributed by atoms with van der Waals surface area (Å²) in [7, 11) is 0. The molecule has 0 saturated carbocycles. The zero-order chi connectivity index (χ0) is 21.2. The molecule has 5 rings (SSSR count). The number of nitrogens with zero attached hydrogens (tertiary/aromatic N) is 5. The Balaban J connectivity index is 1.31. The molecule has 0 fully saturated rings. The van der Waals surface area contributed by atoms with Gasteiger partial charge in [-0.15, -0.1) is 10.2 Å². The van der Waals surface area contributed by atoms with Gasteiger partial charge in [0.15, 0.2) is 0 Å². The van der Waals surface area contributed by atoms with E-state index >= 15 is 0 Å². The van der Waals surface area contributed by atoms with Crippen LogP contribution in [0.2, 0.25) is 0 Å². The molecule has 0 spiro atoms. The molecular weight excluding hydrogens is 418 g/mol. The molecule has 0 radical (unpaired) electrons. The average molecular weight is 435 g/mol. The second-order valence-corrected chi connectivity index (χ2v) is 7.76. The van der Waals surface area contributed by atoms with Gasteiger partial charge in [-0.1, -0.05) is 11.8 Å². The molecule has 0 saturated heterocycles. The zero-order valence-electron chi connectivity index (χ0n) is 16.5. The SMILES string of the molecule is Cc1ccc(C2=NN(C(=O)CSc3nnc(-c4cccnc4)o3)C(c3ccco3)C2)o1. The quantitative estimate of drug-likeness (QED) is 0.416. The Bertz CT molecular complexity index is 1220. The molecule has 0 bridgehead atoms. The first kappa shape index (κ1) is 19.3. The number of pyridine rings is 1. The number of aryl methyl sites for hydroxylation is 1. The Labute approximate surface area is 181 Å². The fourth-order valence-corrected chi connectivity index (χ4v) is 3.86. The van der Waals surface area contributed by atoms with E-state index in [9.17, 15) is 4.79 Å². The number of aromatic nitrogens is 3. The largest absolute Gasteiger partial charge is 0.467 e. The Morgan fingerprint density at radius 3 is 2.87 bits per heavy atom. The van der Waals surface area contributed by atoms with Crippen LogP contribution in [-0.2, 0) is 4.79 Å². The third-order valence-corrected chi connectivity index (χ3v) is 5.50. The fourth-order valence-electron chi connectivity index (χ4n) is 3.24. The number of amides is 1. The van der Waals surface area contributed by atoms with E-state index in [4.69, 9.17) is 13.3 Å². The van der Waals surface area contributed by atoms with E-state index in [0.29, 0.717) is 40.3 Å². The number of hydrazone groups is 1. The van der Waals surface area contributed by atoms with Crippen LogP contribution in [0.1, 0.15) is 29.7 Å². The maximum absolute atomic E-state index is 13.0. The highest BCUT2D eigenvalue weighted by Crippen LogP contribution is 2.34. The maximum atomic E-state index is 13.0. The van der Waals surface area contributed by atoms with Crippen molar-refractivity contribution < 1.29 is 18.0 Å². The highest BCUT2D eigenvalue weighted by atomic mass is 32.2. The van der Waals surface area contributed by atoms with Crippen LogP contribution in [0.15, 0.2) is 78.6 Å². The number of carbonyl (C=O) groups excluding carboxylic acids is 1. The van der Waals surface area contributed by atoms with Crippen molar-refractivity contribution in [2.45, 2.75) is 24.6 Å². The van der Waals surface area contributed by atoms with Crippen molar-refractivity contribution >= 4 is 23.4 Å². The normalized spacial score (nSPS) is 16.0. The summed E-state index contributed by atoms with van der Waals surface area (Å²) in [6, 6.07) is 10.6. The first-order valence-corrected chi connectivity index (χ1v) is 10.5. The van der Waals surface area contributed by atoms with Gasteiger partial charge in [0.1, 0.15) is 29.0 Å². The summed E-state index contributed by atoms with van der Waals surface area (Å²) in [6.45, 7) is 1.87. The summed E-state index contributed by atoms with van der Waals surface area (Å²) in [5, 5.41) is 14.3. The first-order valence-electron chi connectivity index (χ1n) is 9.54. The van der Waals surface area contributed by atoms with Crippen molar-refractivity contribution in [1.29, 1.82) is 0 Å². The Morgan fingerprint density at radius 1 is 1.19 bits per heavy atom. The summed E-state index contributed by atoms with van der Waals surface area (Å²) < 4.78 is 16.9. The van der Waals surface area contributed by atoms with Crippen molar-refractivity contribution in [2.75, 3.05) is 5.75 Å². The number of furan rings is 2. The smallest absolute Gasteiger partial charge is 0.277 e. The lowest BCUT2D eigenvalue weighted by atomic mass is 10.1. The van der Waals surface area contributed by atoms with Gasteiger partial charge in [0, 0.05) is 18.8 Å². The molecule has 0 aromatic carbocycles. The molecule has 156 valence electrons. The van der Waals surface area contributed by atoms with Crippen LogP contribution in [0.5, 0.6) is 0 Å². The predicted octanol–water partition coefficient (Wildman–Crippen LogP) is 4.10. The van der Waals surface area contributed by atoms with Gasteiger partial charge >= 0.3 is 0 Å². The van der Waals surface area contributed by atoms with Gasteiger partial charge < -0.3 is 13.3 Å². The fraction of sp³-hybridized carbons (Fsp3) is 0.190. The molecule has 1 aliphatic rings. The highest BCUT2D eigenvalue weighted by Gasteiger charge is 2.36. The van der Waals surface area contributed by atoms with Crippen molar-refractivity contribution in [3.05, 3.63) is 72.3 Å². The van der Waals surface area contributed by atoms with Gasteiger partial charge in [0.25, 0.3) is 11.1 Å².